The van der Waals surface area contributed by atoms with Crippen LogP contribution >= 0.6 is 23.5 Å². The first kappa shape index (κ1) is 88.2. The van der Waals surface area contributed by atoms with Crippen molar-refractivity contribution in [3.05, 3.63) is 113 Å². The number of likely N-dealkylation sites (N-methyl/N-ethyl adjacent to an activating group) is 2. The predicted octanol–water partition coefficient (Wildman–Crippen LogP) is 10.5. The second-order valence-electron chi connectivity index (χ2n) is 30.1. The van der Waals surface area contributed by atoms with Crippen molar-refractivity contribution < 1.29 is 62.1 Å². The standard InChI is InChI=1S/C82H123N11O13S2/c1-14-55(6)76(92(11)82(101)74(53(2)3)89-81(100)75(54(4)5)91(9)10)70(102-12)49-73(96)93-41-25-30-69(93)77(103-13)56(7)78(97)86-62(46-58-26-21-20-22-27-58)36-38-72(95)90-106-50-59-31-34-61(35-32-59)85-79(98)57(8)84-71(94)39-42-104-44-45-105-43-40-83-80(99)60-33-37-65-66(47-60)88-68-52-108-64-29-24-19-17-15-16-18-23-28-63(48-64)107-51-67(68)87-65/h20-22,26-27,31-38,47,53-57,62-64,69-70,74-77H,14-19,23-25,28-30,39-46,48-52H2,1-13H3,(H,83,99)(H,84,94)(H,85,98)(H,86,97)(H,89,100)(H,90,95)/b38-36+/t55-,56+,57-,62+,63?,64?,69-,70+,74-,75-,76-,77+/m0/s1. The molecule has 24 nitrogen and oxygen atoms in total. The second-order valence-corrected chi connectivity index (χ2v) is 32.6. The molecule has 0 spiro atoms. The van der Waals surface area contributed by atoms with Crippen molar-refractivity contribution in [1.82, 2.24) is 51.4 Å². The highest BCUT2D eigenvalue weighted by Gasteiger charge is 2.44. The molecule has 6 N–H and O–H groups in total. The Morgan fingerprint density at radius 1 is 0.676 bits per heavy atom. The minimum absolute atomic E-state index is 0.00515. The molecule has 12 atom stereocenters. The average molecular weight is 1540 g/mol. The number of hydroxylamine groups is 1. The lowest BCUT2D eigenvalue weighted by Gasteiger charge is -2.41. The van der Waals surface area contributed by atoms with Crippen molar-refractivity contribution >= 4 is 87.5 Å². The van der Waals surface area contributed by atoms with Gasteiger partial charge in [-0.25, -0.2) is 15.4 Å². The summed E-state index contributed by atoms with van der Waals surface area (Å²) in [4.78, 5) is 130. The Balaban J connectivity index is 0.798. The molecule has 8 amide bonds. The van der Waals surface area contributed by atoms with E-state index in [1.807, 2.05) is 115 Å². The van der Waals surface area contributed by atoms with Gasteiger partial charge in [0.05, 0.1) is 104 Å². The molecule has 0 radical (unpaired) electrons. The minimum Gasteiger partial charge on any atom is -0.379 e. The van der Waals surface area contributed by atoms with Gasteiger partial charge in [-0.15, -0.1) is 0 Å². The maximum absolute atomic E-state index is 14.6. The molecule has 4 aromatic rings. The molecule has 108 heavy (non-hydrogen) atoms. The summed E-state index contributed by atoms with van der Waals surface area (Å²) in [7, 11) is 8.49. The van der Waals surface area contributed by atoms with Crippen LogP contribution in [0, 0.1) is 23.7 Å². The van der Waals surface area contributed by atoms with Crippen LogP contribution in [-0.4, -0.2) is 206 Å². The number of nitrogens with zero attached hydrogens (tertiary/aromatic N) is 5. The number of anilines is 1. The molecule has 26 heteroatoms. The normalized spacial score (nSPS) is 19.1. The largest absolute Gasteiger partial charge is 0.379 e. The molecule has 1 saturated carbocycles. The van der Waals surface area contributed by atoms with Crippen LogP contribution in [0.25, 0.3) is 11.0 Å². The maximum Gasteiger partial charge on any atom is 0.267 e. The number of ether oxygens (including phenoxy) is 4. The van der Waals surface area contributed by atoms with E-state index in [0.29, 0.717) is 66.1 Å². The summed E-state index contributed by atoms with van der Waals surface area (Å²) in [5.74, 6) is -1.91. The second kappa shape index (κ2) is 45.9. The highest BCUT2D eigenvalue weighted by molar-refractivity contribution is 8.00. The highest BCUT2D eigenvalue weighted by atomic mass is 32.2. The summed E-state index contributed by atoms with van der Waals surface area (Å²) in [6.07, 6.45) is 17.0. The van der Waals surface area contributed by atoms with Gasteiger partial charge in [0, 0.05) is 80.1 Å². The van der Waals surface area contributed by atoms with Gasteiger partial charge in [-0.3, -0.25) is 48.1 Å². The number of likely N-dealkylation sites (tertiary alicyclic amines) is 1. The molecule has 2 unspecified atom stereocenters. The summed E-state index contributed by atoms with van der Waals surface area (Å²) < 4.78 is 23.5. The Labute approximate surface area is 649 Å². The Hall–Kier alpha value is -7.04. The lowest BCUT2D eigenvalue weighted by atomic mass is 9.89. The Morgan fingerprint density at radius 2 is 1.32 bits per heavy atom. The number of carbonyl (C=O) groups excluding carboxylic acids is 8. The molecule has 1 aromatic heterocycles. The van der Waals surface area contributed by atoms with E-state index in [4.69, 9.17) is 33.8 Å². The van der Waals surface area contributed by atoms with E-state index >= 15 is 0 Å². The van der Waals surface area contributed by atoms with Crippen molar-refractivity contribution in [2.75, 3.05) is 80.2 Å². The van der Waals surface area contributed by atoms with Gasteiger partial charge in [0.2, 0.25) is 35.4 Å². The van der Waals surface area contributed by atoms with Crippen molar-refractivity contribution in [3.8, 4) is 0 Å². The van der Waals surface area contributed by atoms with Gasteiger partial charge in [0.25, 0.3) is 11.8 Å². The highest BCUT2D eigenvalue weighted by Crippen LogP contribution is 2.38. The number of benzene rings is 3. The van der Waals surface area contributed by atoms with E-state index in [9.17, 15) is 38.4 Å². The van der Waals surface area contributed by atoms with Crippen LogP contribution in [0.1, 0.15) is 185 Å². The summed E-state index contributed by atoms with van der Waals surface area (Å²) in [5, 5.41) is 15.9. The van der Waals surface area contributed by atoms with Crippen LogP contribution in [0.5, 0.6) is 0 Å². The number of nitrogens with one attached hydrogen (secondary N) is 6. The SMILES string of the molecule is CC[C@H](C)[C@@H]([C@@H](CC(=O)N1CCC[C@H]1[C@H](OC)[C@@H](C)C(=O)N[C@H](/C=C/C(=O)NOCc1ccc(NC(=O)[C@H](C)NC(=O)CCOCCOCCNC(=O)c2ccc3nc4c(nc3c2)CSC2CCCCCCCCCC(C2)SC4)cc1)Cc1ccccc1)OC)N(C)C(=O)[C@@H](NC(=O)[C@H](C(C)C)N(C)C)C(C)C. The van der Waals surface area contributed by atoms with E-state index in [-0.39, 0.29) is 99.1 Å². The number of amides is 8. The van der Waals surface area contributed by atoms with Crippen LogP contribution in [0.3, 0.4) is 0 Å². The molecule has 1 aliphatic carbocycles. The number of thioether (sulfide) groups is 2. The summed E-state index contributed by atoms with van der Waals surface area (Å²) in [5.41, 5.74) is 8.67. The molecule has 2 aliphatic heterocycles. The fourth-order valence-corrected chi connectivity index (χ4v) is 17.5. The number of carbonyl (C=O) groups is 8. The molecule has 2 bridgehead atoms. The lowest BCUT2D eigenvalue weighted by Crippen LogP contribution is -2.59. The van der Waals surface area contributed by atoms with Gasteiger partial charge >= 0.3 is 0 Å². The van der Waals surface area contributed by atoms with Gasteiger partial charge in [0.15, 0.2) is 0 Å². The van der Waals surface area contributed by atoms with Crippen LogP contribution in [0.4, 0.5) is 5.69 Å². The zero-order valence-corrected chi connectivity index (χ0v) is 67.8. The number of rotatable bonds is 38. The van der Waals surface area contributed by atoms with Gasteiger partial charge in [0.1, 0.15) is 12.1 Å². The van der Waals surface area contributed by atoms with E-state index < -0.39 is 66.2 Å². The van der Waals surface area contributed by atoms with E-state index in [1.165, 1.54) is 77.4 Å². The van der Waals surface area contributed by atoms with Crippen LogP contribution < -0.4 is 32.1 Å². The van der Waals surface area contributed by atoms with E-state index in [0.717, 1.165) is 39.5 Å². The molecule has 3 aromatic carbocycles. The predicted molar refractivity (Wildman–Crippen MR) is 426 cm³/mol. The summed E-state index contributed by atoms with van der Waals surface area (Å²) >= 11 is 4.09. The number of hydrogen-bond donors (Lipinski definition) is 6. The third kappa shape index (κ3) is 27.8. The fourth-order valence-electron chi connectivity index (χ4n) is 14.7. The van der Waals surface area contributed by atoms with Crippen LogP contribution in [0.2, 0.25) is 0 Å². The maximum atomic E-state index is 14.6. The summed E-state index contributed by atoms with van der Waals surface area (Å²) in [6, 6.07) is 18.2. The molecule has 596 valence electrons. The zero-order valence-electron chi connectivity index (χ0n) is 66.2. The van der Waals surface area contributed by atoms with Gasteiger partial charge in [-0.05, 0) is 119 Å². The Morgan fingerprint density at radius 3 is 1.94 bits per heavy atom. The van der Waals surface area contributed by atoms with Crippen LogP contribution in [-0.2, 0) is 81.9 Å². The Kier molecular flexibility index (Phi) is 37.5. The third-order valence-corrected chi connectivity index (χ3v) is 23.6. The number of methoxy groups -OCH3 is 2. The number of fused-ring (bicyclic) bond motifs is 4. The number of aromatic nitrogens is 2. The zero-order chi connectivity index (χ0) is 78.2. The number of hydrogen-bond acceptors (Lipinski definition) is 18. The third-order valence-electron chi connectivity index (χ3n) is 20.9. The molecule has 7 rings (SSSR count). The molecule has 3 aliphatic rings. The first-order valence-corrected chi connectivity index (χ1v) is 41.2. The first-order chi connectivity index (χ1) is 51.9. The quantitative estimate of drug-likeness (QED) is 0.0138. The van der Waals surface area contributed by atoms with E-state index in [2.05, 4.69) is 43.8 Å². The average Bonchev–Trinajstić information content (AvgIpc) is 1.24. The molecule has 3 heterocycles. The van der Waals surface area contributed by atoms with Crippen molar-refractivity contribution in [2.45, 2.75) is 235 Å². The van der Waals surface area contributed by atoms with Gasteiger partial charge in [-0.2, -0.15) is 23.5 Å². The molecular weight excluding hydrogens is 1410 g/mol. The van der Waals surface area contributed by atoms with Crippen molar-refractivity contribution in [1.29, 1.82) is 0 Å². The molecular formula is C82H123N11O13S2. The van der Waals surface area contributed by atoms with E-state index in [1.54, 1.807) is 74.2 Å². The van der Waals surface area contributed by atoms with Crippen molar-refractivity contribution in [2.24, 2.45) is 23.7 Å². The lowest BCUT2D eigenvalue weighted by molar-refractivity contribution is -0.148. The molecule has 2 fully saturated rings. The minimum atomic E-state index is -0.847. The Bertz CT molecular complexity index is 3530. The monoisotopic (exact) mass is 1530 g/mol. The van der Waals surface area contributed by atoms with Crippen molar-refractivity contribution in [3.63, 3.8) is 0 Å². The first-order valence-electron chi connectivity index (χ1n) is 39.1. The molecule has 1 saturated heterocycles. The summed E-state index contributed by atoms with van der Waals surface area (Å²) in [6.45, 7) is 16.8. The van der Waals surface area contributed by atoms with Gasteiger partial charge in [-0.1, -0.05) is 148 Å². The smallest absolute Gasteiger partial charge is 0.267 e. The fraction of sp³-hybridized carbons (Fsp3) is 0.634. The van der Waals surface area contributed by atoms with Gasteiger partial charge < -0.3 is 55.3 Å². The van der Waals surface area contributed by atoms with Crippen LogP contribution in [0.15, 0.2) is 84.9 Å². The topological polar surface area (TPSA) is 290 Å².